The minimum atomic E-state index is -4.59. The normalized spacial score (nSPS) is 12.2. The topological polar surface area (TPSA) is 256 Å². The first kappa shape index (κ1) is 26.4. The number of phenols is 2. The molecule has 9 N–H and O–H groups in total. The fraction of sp³-hybridized carbons (Fsp3) is 0. The van der Waals surface area contributed by atoms with Gasteiger partial charge in [-0.05, 0) is 35.7 Å². The maximum atomic E-state index is 11.1. The molecule has 0 saturated heterocycles. The van der Waals surface area contributed by atoms with Gasteiger partial charge in [-0.3, -0.25) is 13.7 Å². The molecule has 0 amide bonds. The Hall–Kier alpha value is -2.86. The van der Waals surface area contributed by atoms with Crippen LogP contribution in [0.3, 0.4) is 0 Å². The summed E-state index contributed by atoms with van der Waals surface area (Å²) < 4.78 is 92.0. The highest BCUT2D eigenvalue weighted by Crippen LogP contribution is 2.35. The molecule has 3 rings (SSSR count). The Morgan fingerprint density at radius 2 is 1.15 bits per heavy atom. The Morgan fingerprint density at radius 1 is 0.667 bits per heavy atom. The number of phenolic OH excluding ortho intramolecular Hbond substituents is 2. The third-order valence-corrected chi connectivity index (χ3v) is 6.70. The molecule has 0 aliphatic heterocycles. The van der Waals surface area contributed by atoms with Crippen LogP contribution in [0.5, 0.6) is 11.5 Å². The number of anilines is 2. The molecule has 0 spiro atoms. The third kappa shape index (κ3) is 6.14. The highest BCUT2D eigenvalue weighted by Gasteiger charge is 2.19. The van der Waals surface area contributed by atoms with E-state index in [4.69, 9.17) is 41.8 Å². The van der Waals surface area contributed by atoms with Gasteiger partial charge in [0.25, 0.3) is 30.4 Å². The predicted octanol–water partition coefficient (Wildman–Crippen LogP) is 1.50. The number of aromatic hydroxyl groups is 2. The molecule has 180 valence electrons. The third-order valence-electron chi connectivity index (χ3n) is 3.95. The van der Waals surface area contributed by atoms with E-state index in [1.54, 1.807) is 0 Å². The van der Waals surface area contributed by atoms with Gasteiger partial charge in [0.2, 0.25) is 0 Å². The Kier molecular flexibility index (Phi) is 7.06. The molecule has 0 aromatic heterocycles. The molecule has 3 aromatic rings. The Morgan fingerprint density at radius 3 is 1.61 bits per heavy atom. The van der Waals surface area contributed by atoms with Crippen LogP contribution in [0.2, 0.25) is 5.02 Å². The summed E-state index contributed by atoms with van der Waals surface area (Å²) in [6.45, 7) is 0. The highest BCUT2D eigenvalue weighted by molar-refractivity contribution is 7.86. The number of hydrogen-bond acceptors (Lipinski definition) is 10. The van der Waals surface area contributed by atoms with Crippen molar-refractivity contribution in [1.82, 2.24) is 0 Å². The Balaban J connectivity index is 0.000000257. The van der Waals surface area contributed by atoms with Crippen molar-refractivity contribution in [2.24, 2.45) is 0 Å². The zero-order valence-corrected chi connectivity index (χ0v) is 19.1. The highest BCUT2D eigenvalue weighted by atomic mass is 35.5. The number of nitrogens with two attached hydrogens (primary N) is 2. The molecular weight excluding hydrogens is 528 g/mol. The second-order valence-electron chi connectivity index (χ2n) is 6.32. The first-order valence-corrected chi connectivity index (χ1v) is 12.8. The van der Waals surface area contributed by atoms with Gasteiger partial charge in [0.1, 0.15) is 10.6 Å². The van der Waals surface area contributed by atoms with E-state index in [9.17, 15) is 30.4 Å². The van der Waals surface area contributed by atoms with E-state index >= 15 is 0 Å². The summed E-state index contributed by atoms with van der Waals surface area (Å²) in [5, 5.41) is 18.8. The molecule has 0 saturated carbocycles. The smallest absolute Gasteiger partial charge is 0.298 e. The average molecular weight is 543 g/mol. The molecule has 13 nitrogen and oxygen atoms in total. The van der Waals surface area contributed by atoms with Gasteiger partial charge in [-0.25, -0.2) is 0 Å². The number of hydrogen-bond donors (Lipinski definition) is 7. The van der Waals surface area contributed by atoms with Crippen molar-refractivity contribution < 1.29 is 49.1 Å². The molecule has 33 heavy (non-hydrogen) atoms. The molecule has 0 fully saturated rings. The van der Waals surface area contributed by atoms with E-state index in [1.165, 1.54) is 6.07 Å². The van der Waals surface area contributed by atoms with Gasteiger partial charge in [-0.2, -0.15) is 25.3 Å². The standard InChI is InChI=1S/C10H9NO7S2.C6H6ClNO4S/c11-8-3-6(19(13,14)15)1-5-2-7(20(16,17)18)4-9(12)10(5)8;7-3-1-4(8)6(9)5(2-3)13(10,11)12/h1-4,12H,11H2,(H,13,14,15)(H,16,17,18);1-2,9H,8H2,(H,10,11,12). The number of nitrogen functional groups attached to an aromatic ring is 2. The molecule has 3 aromatic carbocycles. The van der Waals surface area contributed by atoms with Gasteiger partial charge in [0.05, 0.1) is 15.5 Å². The Bertz CT molecular complexity index is 1510. The molecule has 0 radical (unpaired) electrons. The van der Waals surface area contributed by atoms with Crippen molar-refractivity contribution >= 4 is 64.1 Å². The van der Waals surface area contributed by atoms with Gasteiger partial charge in [-0.1, -0.05) is 11.6 Å². The maximum Gasteiger partial charge on any atom is 0.298 e. The van der Waals surface area contributed by atoms with E-state index < -0.39 is 56.5 Å². The van der Waals surface area contributed by atoms with Crippen molar-refractivity contribution in [3.05, 3.63) is 41.4 Å². The quantitative estimate of drug-likeness (QED) is 0.141. The van der Waals surface area contributed by atoms with Crippen LogP contribution in [0.1, 0.15) is 0 Å². The van der Waals surface area contributed by atoms with Crippen LogP contribution in [0.4, 0.5) is 11.4 Å². The van der Waals surface area contributed by atoms with Crippen LogP contribution in [-0.2, 0) is 30.4 Å². The summed E-state index contributed by atoms with van der Waals surface area (Å²) in [5.74, 6) is -1.25. The lowest BCUT2D eigenvalue weighted by molar-refractivity contribution is 0.445. The van der Waals surface area contributed by atoms with Crippen LogP contribution in [0.25, 0.3) is 10.8 Å². The molecule has 0 atom stereocenters. The minimum absolute atomic E-state index is 0.00444. The van der Waals surface area contributed by atoms with Crippen molar-refractivity contribution in [3.8, 4) is 11.5 Å². The van der Waals surface area contributed by atoms with Gasteiger partial charge in [0, 0.05) is 22.2 Å². The lowest BCUT2D eigenvalue weighted by Crippen LogP contribution is -2.02. The first-order valence-electron chi connectivity index (χ1n) is 8.09. The SMILES string of the molecule is Nc1cc(Cl)cc(S(=O)(=O)O)c1O.Nc1cc(S(=O)(=O)O)cc2cc(S(=O)(=O)O)cc(O)c12. The zero-order chi connectivity index (χ0) is 25.5. The molecule has 0 aliphatic rings. The van der Waals surface area contributed by atoms with Gasteiger partial charge in [-0.15, -0.1) is 0 Å². The fourth-order valence-corrected chi connectivity index (χ4v) is 4.58. The number of halogens is 1. The van der Waals surface area contributed by atoms with Crippen molar-refractivity contribution in [2.45, 2.75) is 14.7 Å². The van der Waals surface area contributed by atoms with E-state index in [0.717, 1.165) is 30.3 Å². The number of rotatable bonds is 3. The Labute approximate surface area is 192 Å². The predicted molar refractivity (Wildman–Crippen MR) is 117 cm³/mol. The molecule has 0 aliphatic carbocycles. The molecule has 0 bridgehead atoms. The van der Waals surface area contributed by atoms with Gasteiger partial charge < -0.3 is 21.7 Å². The molecular formula is C16H15ClN2O11S3. The molecule has 0 unspecified atom stereocenters. The average Bonchev–Trinajstić information content (AvgIpc) is 2.62. The van der Waals surface area contributed by atoms with Crippen LogP contribution >= 0.6 is 11.6 Å². The minimum Gasteiger partial charge on any atom is -0.507 e. The van der Waals surface area contributed by atoms with Crippen molar-refractivity contribution in [3.63, 3.8) is 0 Å². The number of benzene rings is 3. The zero-order valence-electron chi connectivity index (χ0n) is 15.9. The van der Waals surface area contributed by atoms with E-state index in [-0.39, 0.29) is 27.2 Å². The second-order valence-corrected chi connectivity index (χ2v) is 11.0. The summed E-state index contributed by atoms with van der Waals surface area (Å²) in [6.07, 6.45) is 0. The van der Waals surface area contributed by atoms with Crippen molar-refractivity contribution in [1.29, 1.82) is 0 Å². The fourth-order valence-electron chi connectivity index (χ4n) is 2.56. The first-order chi connectivity index (χ1) is 14.8. The van der Waals surface area contributed by atoms with E-state index in [1.807, 2.05) is 0 Å². The van der Waals surface area contributed by atoms with Crippen LogP contribution in [-0.4, -0.2) is 49.1 Å². The number of fused-ring (bicyclic) bond motifs is 1. The summed E-state index contributed by atoms with van der Waals surface area (Å²) >= 11 is 5.46. The lowest BCUT2D eigenvalue weighted by atomic mass is 10.1. The van der Waals surface area contributed by atoms with Gasteiger partial charge in [0.15, 0.2) is 5.75 Å². The van der Waals surface area contributed by atoms with Crippen LogP contribution in [0, 0.1) is 0 Å². The van der Waals surface area contributed by atoms with Gasteiger partial charge >= 0.3 is 0 Å². The van der Waals surface area contributed by atoms with Crippen molar-refractivity contribution in [2.75, 3.05) is 11.5 Å². The summed E-state index contributed by atoms with van der Waals surface area (Å²) in [5.41, 5.74) is 10.4. The maximum absolute atomic E-state index is 11.1. The van der Waals surface area contributed by atoms with E-state index in [2.05, 4.69) is 0 Å². The largest absolute Gasteiger partial charge is 0.507 e. The summed E-state index contributed by atoms with van der Waals surface area (Å²) in [7, 11) is -13.6. The van der Waals surface area contributed by atoms with Crippen LogP contribution in [0.15, 0.2) is 51.1 Å². The monoisotopic (exact) mass is 542 g/mol. The van der Waals surface area contributed by atoms with E-state index in [0.29, 0.717) is 0 Å². The molecule has 0 heterocycles. The second kappa shape index (κ2) is 8.82. The van der Waals surface area contributed by atoms with Crippen LogP contribution < -0.4 is 11.5 Å². The summed E-state index contributed by atoms with van der Waals surface area (Å²) in [4.78, 5) is -1.89. The molecule has 17 heteroatoms. The summed E-state index contributed by atoms with van der Waals surface area (Å²) in [6, 6.07) is 5.63. The lowest BCUT2D eigenvalue weighted by Gasteiger charge is -2.08.